The highest BCUT2D eigenvalue weighted by molar-refractivity contribution is 5.76. The van der Waals surface area contributed by atoms with Gasteiger partial charge in [-0.25, -0.2) is 0 Å². The summed E-state index contributed by atoms with van der Waals surface area (Å²) in [6.45, 7) is 1.99. The summed E-state index contributed by atoms with van der Waals surface area (Å²) in [4.78, 5) is 12.2. The van der Waals surface area contributed by atoms with E-state index < -0.39 is 0 Å². The van der Waals surface area contributed by atoms with E-state index in [4.69, 9.17) is 0 Å². The van der Waals surface area contributed by atoms with Gasteiger partial charge in [0.05, 0.1) is 6.04 Å². The Morgan fingerprint density at radius 2 is 2.04 bits per heavy atom. The van der Waals surface area contributed by atoms with E-state index in [0.29, 0.717) is 12.5 Å². The van der Waals surface area contributed by atoms with Crippen molar-refractivity contribution in [3.63, 3.8) is 0 Å². The zero-order valence-corrected chi connectivity index (χ0v) is 14.3. The predicted molar refractivity (Wildman–Crippen MR) is 93.5 cm³/mol. The van der Waals surface area contributed by atoms with E-state index in [-0.39, 0.29) is 11.9 Å². The van der Waals surface area contributed by atoms with Crippen molar-refractivity contribution in [3.05, 3.63) is 48.0 Å². The van der Waals surface area contributed by atoms with Crippen LogP contribution >= 0.6 is 0 Å². The molecule has 1 saturated carbocycles. The van der Waals surface area contributed by atoms with Crippen LogP contribution in [0.1, 0.15) is 68.9 Å². The third-order valence-corrected chi connectivity index (χ3v) is 4.80. The Hall–Kier alpha value is -2.17. The molecular formula is C19H26N4O. The van der Waals surface area contributed by atoms with Gasteiger partial charge in [0.2, 0.25) is 5.91 Å². The zero-order valence-electron chi connectivity index (χ0n) is 14.3. The molecule has 24 heavy (non-hydrogen) atoms. The maximum absolute atomic E-state index is 12.2. The number of hydrogen-bond acceptors (Lipinski definition) is 3. The topological polar surface area (TPSA) is 59.8 Å². The number of carbonyl (C=O) groups excluding carboxylic acids is 1. The van der Waals surface area contributed by atoms with Crippen LogP contribution in [0.5, 0.6) is 0 Å². The summed E-state index contributed by atoms with van der Waals surface area (Å²) in [5.41, 5.74) is 1.28. The van der Waals surface area contributed by atoms with Gasteiger partial charge in [0, 0.05) is 12.5 Å². The highest BCUT2D eigenvalue weighted by atomic mass is 16.1. The van der Waals surface area contributed by atoms with Crippen molar-refractivity contribution < 1.29 is 4.79 Å². The molecule has 1 N–H and O–H groups in total. The maximum atomic E-state index is 12.2. The average Bonchev–Trinajstić information content (AvgIpc) is 3.27. The van der Waals surface area contributed by atoms with Crippen LogP contribution in [0.15, 0.2) is 36.7 Å². The molecule has 1 amide bonds. The number of amides is 1. The first-order chi connectivity index (χ1) is 11.7. The van der Waals surface area contributed by atoms with Crippen molar-refractivity contribution in [2.75, 3.05) is 0 Å². The molecule has 3 rings (SSSR count). The molecule has 128 valence electrons. The fourth-order valence-corrected chi connectivity index (χ4v) is 3.50. The monoisotopic (exact) mass is 326 g/mol. The standard InChI is InChI=1S/C19H26N4O/c1-15(19-22-20-14-23(19)17-11-5-6-12-17)21-18(24)13-7-10-16-8-3-2-4-9-16/h2-4,8-9,14-15,17H,5-7,10-13H2,1H3,(H,21,24)/t15-/m0/s1. The maximum Gasteiger partial charge on any atom is 0.220 e. The third-order valence-electron chi connectivity index (χ3n) is 4.80. The van der Waals surface area contributed by atoms with E-state index in [1.165, 1.54) is 31.2 Å². The van der Waals surface area contributed by atoms with Crippen molar-refractivity contribution in [1.29, 1.82) is 0 Å². The Kier molecular flexibility index (Phi) is 5.62. The minimum absolute atomic E-state index is 0.0828. The van der Waals surface area contributed by atoms with Crippen LogP contribution in [0.4, 0.5) is 0 Å². The number of nitrogens with zero attached hydrogens (tertiary/aromatic N) is 3. The van der Waals surface area contributed by atoms with Crippen molar-refractivity contribution >= 4 is 5.91 Å². The normalized spacial score (nSPS) is 16.2. The fourth-order valence-electron chi connectivity index (χ4n) is 3.50. The molecule has 1 aromatic heterocycles. The van der Waals surface area contributed by atoms with Crippen molar-refractivity contribution in [3.8, 4) is 0 Å². The quantitative estimate of drug-likeness (QED) is 0.846. The van der Waals surface area contributed by atoms with E-state index in [9.17, 15) is 4.79 Å². The van der Waals surface area contributed by atoms with Gasteiger partial charge >= 0.3 is 0 Å². The van der Waals surface area contributed by atoms with Crippen LogP contribution < -0.4 is 5.32 Å². The van der Waals surface area contributed by atoms with Gasteiger partial charge in [0.25, 0.3) is 0 Å². The molecule has 1 aliphatic carbocycles. The highest BCUT2D eigenvalue weighted by Gasteiger charge is 2.23. The SMILES string of the molecule is C[C@H](NC(=O)CCCc1ccccc1)c1nncn1C1CCCC1. The van der Waals surface area contributed by atoms with Crippen LogP contribution in [0.3, 0.4) is 0 Å². The lowest BCUT2D eigenvalue weighted by atomic mass is 10.1. The number of aromatic nitrogens is 3. The lowest BCUT2D eigenvalue weighted by molar-refractivity contribution is -0.121. The van der Waals surface area contributed by atoms with Crippen LogP contribution in [-0.2, 0) is 11.2 Å². The summed E-state index contributed by atoms with van der Waals surface area (Å²) in [5.74, 6) is 0.956. The van der Waals surface area contributed by atoms with Crippen LogP contribution in [0, 0.1) is 0 Å². The largest absolute Gasteiger partial charge is 0.346 e. The molecule has 1 aliphatic rings. The molecule has 5 nitrogen and oxygen atoms in total. The molecule has 1 atom stereocenters. The zero-order chi connectivity index (χ0) is 16.8. The van der Waals surface area contributed by atoms with E-state index in [1.807, 2.05) is 31.5 Å². The second-order valence-electron chi connectivity index (χ2n) is 6.66. The molecule has 1 aromatic carbocycles. The number of aryl methyl sites for hydroxylation is 1. The second-order valence-corrected chi connectivity index (χ2v) is 6.66. The number of rotatable bonds is 7. The Balaban J connectivity index is 1.48. The minimum Gasteiger partial charge on any atom is -0.346 e. The van der Waals surface area contributed by atoms with Gasteiger partial charge in [-0.05, 0) is 38.2 Å². The Morgan fingerprint density at radius 1 is 1.29 bits per heavy atom. The van der Waals surface area contributed by atoms with Gasteiger partial charge in [-0.2, -0.15) is 0 Å². The van der Waals surface area contributed by atoms with Gasteiger partial charge < -0.3 is 9.88 Å². The summed E-state index contributed by atoms with van der Waals surface area (Å²) in [6, 6.07) is 10.7. The smallest absolute Gasteiger partial charge is 0.220 e. The molecule has 0 bridgehead atoms. The first-order valence-electron chi connectivity index (χ1n) is 8.96. The minimum atomic E-state index is -0.0997. The van der Waals surface area contributed by atoms with E-state index in [0.717, 1.165) is 18.7 Å². The Labute approximate surface area is 143 Å². The molecule has 0 spiro atoms. The first kappa shape index (κ1) is 16.7. The van der Waals surface area contributed by atoms with Crippen LogP contribution in [0.25, 0.3) is 0 Å². The average molecular weight is 326 g/mol. The van der Waals surface area contributed by atoms with Gasteiger partial charge in [0.1, 0.15) is 6.33 Å². The third kappa shape index (κ3) is 4.22. The fraction of sp³-hybridized carbons (Fsp3) is 0.526. The summed E-state index contributed by atoms with van der Waals surface area (Å²) in [7, 11) is 0. The van der Waals surface area contributed by atoms with Gasteiger partial charge in [-0.1, -0.05) is 43.2 Å². The molecule has 2 aromatic rings. The molecule has 0 unspecified atom stereocenters. The van der Waals surface area contributed by atoms with Crippen molar-refractivity contribution in [2.45, 2.75) is 64.0 Å². The van der Waals surface area contributed by atoms with Crippen molar-refractivity contribution in [1.82, 2.24) is 20.1 Å². The predicted octanol–water partition coefficient (Wildman–Crippen LogP) is 3.59. The van der Waals surface area contributed by atoms with Gasteiger partial charge in [-0.15, -0.1) is 10.2 Å². The van der Waals surface area contributed by atoms with Gasteiger partial charge in [0.15, 0.2) is 5.82 Å². The molecule has 1 fully saturated rings. The lowest BCUT2D eigenvalue weighted by Crippen LogP contribution is -2.29. The number of hydrogen-bond donors (Lipinski definition) is 1. The summed E-state index contributed by atoms with van der Waals surface area (Å²) in [6.07, 6.45) is 9.04. The van der Waals surface area contributed by atoms with Crippen molar-refractivity contribution in [2.24, 2.45) is 0 Å². The number of carbonyl (C=O) groups is 1. The van der Waals surface area contributed by atoms with E-state index >= 15 is 0 Å². The number of nitrogens with one attached hydrogen (secondary N) is 1. The molecule has 0 radical (unpaired) electrons. The van der Waals surface area contributed by atoms with Crippen LogP contribution in [-0.4, -0.2) is 20.7 Å². The highest BCUT2D eigenvalue weighted by Crippen LogP contribution is 2.31. The first-order valence-corrected chi connectivity index (χ1v) is 8.96. The molecular weight excluding hydrogens is 300 g/mol. The molecule has 0 aliphatic heterocycles. The number of benzene rings is 1. The summed E-state index contributed by atoms with van der Waals surface area (Å²) < 4.78 is 2.15. The van der Waals surface area contributed by atoms with E-state index in [1.54, 1.807) is 0 Å². The van der Waals surface area contributed by atoms with E-state index in [2.05, 4.69) is 32.2 Å². The molecule has 1 heterocycles. The Morgan fingerprint density at radius 3 is 2.79 bits per heavy atom. The Bertz CT molecular complexity index is 646. The lowest BCUT2D eigenvalue weighted by Gasteiger charge is -2.18. The molecule has 0 saturated heterocycles. The summed E-state index contributed by atoms with van der Waals surface area (Å²) in [5, 5.41) is 11.4. The molecule has 5 heteroatoms. The second kappa shape index (κ2) is 8.08. The van der Waals surface area contributed by atoms with Crippen LogP contribution in [0.2, 0.25) is 0 Å². The van der Waals surface area contributed by atoms with Gasteiger partial charge in [-0.3, -0.25) is 4.79 Å². The summed E-state index contributed by atoms with van der Waals surface area (Å²) >= 11 is 0.